The molecule has 103 heavy (non-hydrogen) atoms. The molecular weight excluding hydrogens is 1890 g/mol. The van der Waals surface area contributed by atoms with E-state index in [4.69, 9.17) is 28.7 Å². The van der Waals surface area contributed by atoms with Gasteiger partial charge in [0.1, 0.15) is 19.8 Å². The van der Waals surface area contributed by atoms with E-state index in [1.807, 2.05) is 0 Å². The highest BCUT2D eigenvalue weighted by atomic mass is 32.3. The lowest BCUT2D eigenvalue weighted by atomic mass is 10.4. The molecule has 0 aromatic carbocycles. The fourth-order valence-electron chi connectivity index (χ4n) is 2.31. The predicted molar refractivity (Wildman–Crippen MR) is 307 cm³/mol. The van der Waals surface area contributed by atoms with Crippen LogP contribution in [-0.4, -0.2) is 148 Å². The van der Waals surface area contributed by atoms with Crippen LogP contribution in [0.3, 0.4) is 0 Å². The van der Waals surface area contributed by atoms with E-state index in [0.717, 1.165) is 16.6 Å². The van der Waals surface area contributed by atoms with E-state index in [1.54, 1.807) is 17.8 Å². The summed E-state index contributed by atoms with van der Waals surface area (Å²) in [6, 6.07) is 0. The highest BCUT2D eigenvalue weighted by Gasteiger charge is 2.45. The molecule has 0 saturated carbocycles. The van der Waals surface area contributed by atoms with Gasteiger partial charge in [-0.15, -0.1) is 102 Å². The number of nitrogens with one attached hydrogen (secondary N) is 9. The van der Waals surface area contributed by atoms with Crippen LogP contribution in [-0.2, 0) is 159 Å². The normalized spacial score (nSPS) is 17.2. The van der Waals surface area contributed by atoms with Crippen LogP contribution in [0.15, 0.2) is 25.3 Å². The minimum atomic E-state index is -5.93. The zero-order chi connectivity index (χ0) is 85.5. The van der Waals surface area contributed by atoms with E-state index in [-0.39, 0.29) is 9.35 Å². The molecule has 0 rings (SSSR count). The van der Waals surface area contributed by atoms with Gasteiger partial charge in [-0.2, -0.15) is 80.5 Å². The van der Waals surface area contributed by atoms with Gasteiger partial charge in [0.15, 0.2) is 6.10 Å². The summed E-state index contributed by atoms with van der Waals surface area (Å²) in [6.07, 6.45) is 8.04. The maximum atomic E-state index is 12.5. The maximum absolute atomic E-state index is 12.5. The van der Waals surface area contributed by atoms with Gasteiger partial charge in [0.2, 0.25) is 0 Å². The zero-order valence-corrected chi connectivity index (χ0v) is 63.1. The summed E-state index contributed by atoms with van der Waals surface area (Å²) in [6.45, 7) is 3.56. The first-order chi connectivity index (χ1) is 44.4. The molecule has 0 radical (unpaired) electrons. The van der Waals surface area contributed by atoms with Crippen LogP contribution in [0.25, 0.3) is 0 Å². The molecule has 0 aliphatic carbocycles. The minimum absolute atomic E-state index is 0.125. The quantitative estimate of drug-likeness (QED) is 0.0105. The second-order valence-corrected chi connectivity index (χ2v) is 38.8. The van der Waals surface area contributed by atoms with E-state index in [1.165, 1.54) is 0 Å². The maximum Gasteiger partial charge on any atom is 0.495 e. The average Bonchev–Trinajstić information content (AvgIpc) is 0.854. The van der Waals surface area contributed by atoms with Gasteiger partial charge < -0.3 is 19.6 Å². The molecule has 0 saturated heterocycles. The number of halogens is 18. The Bertz CT molecular complexity index is 4310. The molecule has 0 amide bonds. The van der Waals surface area contributed by atoms with Crippen LogP contribution in [0.5, 0.6) is 0 Å². The third kappa shape index (κ3) is 116. The number of rotatable bonds is 33. The lowest BCUT2D eigenvalue weighted by molar-refractivity contribution is -0.190. The first kappa shape index (κ1) is 119. The first-order valence-corrected chi connectivity index (χ1v) is 46.8. The third-order valence-electron chi connectivity index (χ3n) is 4.62. The molecule has 84 heteroatoms. The lowest BCUT2D eigenvalue weighted by Crippen LogP contribution is -2.29. The molecule has 9 atom stereocenters. The summed E-state index contributed by atoms with van der Waals surface area (Å²) >= 11 is 0. The fraction of sp³-hybridized carbons (Fsp3) is 0.474. The van der Waals surface area contributed by atoms with Crippen LogP contribution in [0.1, 0.15) is 6.92 Å². The number of hydrogen-bond acceptors (Lipinski definition) is 33. The standard InChI is InChI=1S/C3H6F5NO4P2.C3H7F2NO4P2.C3H5F2NO4P2.C3H5FNO5PS.C3H6FNO5S2.C3H4FNO5S2.CH4FNO5S2.F3H2NO3P2.F2H2NO4PS/c1-2(3(4,5)6)13-15(8,12)9-14(7,10)11;2*1-2-3-10-12(5,9)6-11(4,7)8;1-2-3-10-11(4,6)5-12(7,8)9;2*1-2-3-10-12(8,9)5-11(4,6)7;1-8-10(6,7)3-9(2,4)5;1-8(2,5)4-9(3,6)7;1-8(2,4)3-9(5,6)7/h2H,1H3,(H2,9,10,11,12);2H,1,3H2,(H2,6,7,8,9);1H,3H2,(H2,6,7,8,9);1H,3H2,(H,5,6)(H,7,8,9);2,5H,1,3H2;1,5H,3H2;3H,1H3;(H2,4,5,6,7);(H,3,4)(H,5,6,7). The van der Waals surface area contributed by atoms with Crippen molar-refractivity contribution in [2.45, 2.75) is 19.2 Å². The van der Waals surface area contributed by atoms with E-state index in [9.17, 15) is 188 Å². The Morgan fingerprint density at radius 3 is 0.932 bits per heavy atom. The van der Waals surface area contributed by atoms with Crippen molar-refractivity contribution >= 4 is 161 Å². The predicted octanol–water partition coefficient (Wildman–Crippen LogP) is 4.82. The Labute approximate surface area is 568 Å². The second kappa shape index (κ2) is 49.2. The highest BCUT2D eigenvalue weighted by molar-refractivity contribution is 8.01. The molecule has 15 N–H and O–H groups in total. The van der Waals surface area contributed by atoms with Gasteiger partial charge in [-0.3, -0.25) is 35.6 Å². The monoisotopic (exact) mass is 1930 g/mol. The Hall–Kier alpha value is -2.08. The second-order valence-electron chi connectivity index (χ2n) is 13.3. The smallest absolute Gasteiger partial charge is 0.309 e. The van der Waals surface area contributed by atoms with Gasteiger partial charge in [0.25, 0.3) is 0 Å². The van der Waals surface area contributed by atoms with Crippen molar-refractivity contribution in [1.29, 1.82) is 0 Å². The summed E-state index contributed by atoms with van der Waals surface area (Å²) in [5, 5.41) is 0. The first-order valence-electron chi connectivity index (χ1n) is 20.3. The molecule has 0 aromatic rings. The van der Waals surface area contributed by atoms with Gasteiger partial charge in [-0.05, 0) is 6.92 Å². The van der Waals surface area contributed by atoms with Crippen molar-refractivity contribution in [3.8, 4) is 37.0 Å². The zero-order valence-electron chi connectivity index (χ0n) is 47.6. The van der Waals surface area contributed by atoms with Crippen molar-refractivity contribution in [2.24, 2.45) is 0 Å². The van der Waals surface area contributed by atoms with Crippen molar-refractivity contribution < 1.29 is 248 Å². The van der Waals surface area contributed by atoms with Crippen LogP contribution >= 0.6 is 78.5 Å². The third-order valence-corrected chi connectivity index (χ3v) is 24.1. The van der Waals surface area contributed by atoms with Gasteiger partial charge in [-0.25, -0.2) is 49.8 Å². The SMILES string of the molecule is C#CCOP(=O)(F)NP(=O)(O)F.C#CCOP(=O)(F)NS(=O)(=O)O.C#CCOS(=O)(=O)NS(=O)(=O)F.C=CCOP(=O)(F)NP(=O)(O)F.C=CCOS(=O)(=O)NS(=O)(=O)F.CC(OP(=O)(F)NP(=O)(O)F)C(F)(F)F.COS(=O)(=O)NS(=O)(=O)F.O=P(F)(F)NS(=O)(=O)O.O=P(O)(F)NP(=O)(F)F. The minimum Gasteiger partial charge on any atom is -0.309 e. The molecule has 0 spiro atoms. The lowest BCUT2D eigenvalue weighted by Gasteiger charge is -2.18. The molecule has 0 aliphatic heterocycles. The molecule has 0 heterocycles. The topological polar surface area (TPSA) is 738 Å². The molecule has 0 fully saturated rings. The van der Waals surface area contributed by atoms with Crippen molar-refractivity contribution in [2.75, 3.05) is 40.1 Å². The molecule has 620 valence electrons. The summed E-state index contributed by atoms with van der Waals surface area (Å²) in [7, 11) is -93.8. The molecule has 0 aliphatic rings. The summed E-state index contributed by atoms with van der Waals surface area (Å²) in [5.74, 6) is 5.25. The Morgan fingerprint density at radius 2 is 0.718 bits per heavy atom. The largest absolute Gasteiger partial charge is 0.495 e. The van der Waals surface area contributed by atoms with Gasteiger partial charge >= 0.3 is 167 Å². The van der Waals surface area contributed by atoms with Crippen molar-refractivity contribution in [1.82, 2.24) is 40.8 Å². The summed E-state index contributed by atoms with van der Waals surface area (Å²) in [4.78, 5) is 32.9. The van der Waals surface area contributed by atoms with Crippen molar-refractivity contribution in [3.63, 3.8) is 0 Å². The van der Waals surface area contributed by atoms with Crippen LogP contribution < -0.4 is 40.8 Å². The molecule has 9 unspecified atom stereocenters. The fourth-order valence-corrected chi connectivity index (χ4v) is 15.4. The van der Waals surface area contributed by atoms with Crippen molar-refractivity contribution in [3.05, 3.63) is 25.3 Å². The summed E-state index contributed by atoms with van der Waals surface area (Å²) in [5.41, 5.74) is 0. The molecule has 0 aromatic heterocycles. The number of alkyl halides is 3. The van der Waals surface area contributed by atoms with E-state index in [0.29, 0.717) is 41.0 Å². The van der Waals surface area contributed by atoms with Crippen LogP contribution in [0.4, 0.5) is 75.2 Å². The number of hydrogen-bond donors (Lipinski definition) is 15. The Kier molecular flexibility index (Phi) is 57.0. The van der Waals surface area contributed by atoms with E-state index in [2.05, 4.69) is 63.1 Å². The molecular formula is C19H41F18N9O39P10S8. The summed E-state index contributed by atoms with van der Waals surface area (Å²) < 4.78 is 512. The molecule has 0 bridgehead atoms. The van der Waals surface area contributed by atoms with Gasteiger partial charge in [-0.1, -0.05) is 62.9 Å². The van der Waals surface area contributed by atoms with Gasteiger partial charge in [0.05, 0.1) is 20.3 Å². The van der Waals surface area contributed by atoms with E-state index >= 15 is 0 Å². The van der Waals surface area contributed by atoms with Gasteiger partial charge in [0, 0.05) is 0 Å². The Morgan fingerprint density at radius 1 is 0.437 bits per heavy atom. The van der Waals surface area contributed by atoms with E-state index < -0.39 is 207 Å². The van der Waals surface area contributed by atoms with Crippen LogP contribution in [0, 0.1) is 37.0 Å². The van der Waals surface area contributed by atoms with Crippen LogP contribution in [0.2, 0.25) is 0 Å². The molecule has 48 nitrogen and oxygen atoms in total. The Balaban J connectivity index is -0.000000138. The number of terminal acetylenes is 3. The average molecular weight is 1930 g/mol. The highest BCUT2D eigenvalue weighted by Crippen LogP contribution is 2.59.